The minimum absolute atomic E-state index is 0.625. The summed E-state index contributed by atoms with van der Waals surface area (Å²) >= 11 is 3.23. The number of hydrogen-bond donors (Lipinski definition) is 1. The van der Waals surface area contributed by atoms with E-state index in [1.807, 2.05) is 11.6 Å². The van der Waals surface area contributed by atoms with Gasteiger partial charge in [0.25, 0.3) is 0 Å². The number of thiazole rings is 2. The Balaban J connectivity index is 1.57. The van der Waals surface area contributed by atoms with Gasteiger partial charge in [-0.3, -0.25) is 0 Å². The van der Waals surface area contributed by atoms with Crippen molar-refractivity contribution in [1.82, 2.24) is 14.9 Å². The summed E-state index contributed by atoms with van der Waals surface area (Å²) < 4.78 is 0. The summed E-state index contributed by atoms with van der Waals surface area (Å²) in [7, 11) is 0. The average molecular weight is 308 g/mol. The third kappa shape index (κ3) is 3.56. The molecule has 0 aromatic carbocycles. The van der Waals surface area contributed by atoms with Crippen LogP contribution in [0.3, 0.4) is 0 Å². The predicted molar refractivity (Wildman–Crippen MR) is 86.2 cm³/mol. The van der Waals surface area contributed by atoms with Crippen LogP contribution >= 0.6 is 22.7 Å². The standard InChI is InChI=1S/C14H20N4S2/c15-14-17-11(10-19-14)12-9-16-13(20-12)5-8-18-6-3-1-2-4-7-18/h9-10H,1-8H2,(H2,15,17). The minimum atomic E-state index is 0.625. The number of aromatic nitrogens is 2. The van der Waals surface area contributed by atoms with E-state index in [1.54, 1.807) is 11.3 Å². The van der Waals surface area contributed by atoms with Gasteiger partial charge in [-0.25, -0.2) is 9.97 Å². The molecule has 1 fully saturated rings. The van der Waals surface area contributed by atoms with Crippen molar-refractivity contribution in [3.8, 4) is 10.6 Å². The van der Waals surface area contributed by atoms with Gasteiger partial charge >= 0.3 is 0 Å². The first-order valence-electron chi connectivity index (χ1n) is 7.20. The summed E-state index contributed by atoms with van der Waals surface area (Å²) in [6, 6.07) is 0. The Morgan fingerprint density at radius 2 is 2.00 bits per heavy atom. The lowest BCUT2D eigenvalue weighted by Gasteiger charge is -2.18. The molecular weight excluding hydrogens is 288 g/mol. The van der Waals surface area contributed by atoms with Gasteiger partial charge in [0.15, 0.2) is 5.13 Å². The fraction of sp³-hybridized carbons (Fsp3) is 0.571. The van der Waals surface area contributed by atoms with E-state index in [0.29, 0.717) is 5.13 Å². The van der Waals surface area contributed by atoms with Crippen molar-refractivity contribution in [3.05, 3.63) is 16.6 Å². The maximum absolute atomic E-state index is 5.68. The zero-order valence-corrected chi connectivity index (χ0v) is 13.2. The topological polar surface area (TPSA) is 55.0 Å². The van der Waals surface area contributed by atoms with Gasteiger partial charge in [0.1, 0.15) is 0 Å². The Hall–Kier alpha value is -0.980. The fourth-order valence-electron chi connectivity index (χ4n) is 2.56. The average Bonchev–Trinajstić information content (AvgIpc) is 3.00. The molecule has 3 heterocycles. The summed E-state index contributed by atoms with van der Waals surface area (Å²) in [6.07, 6.45) is 8.45. The van der Waals surface area contributed by atoms with Gasteiger partial charge in [-0.2, -0.15) is 0 Å². The van der Waals surface area contributed by atoms with E-state index in [4.69, 9.17) is 5.73 Å². The fourth-order valence-corrected chi connectivity index (χ4v) is 4.06. The Labute approximate surface area is 127 Å². The van der Waals surface area contributed by atoms with Gasteiger partial charge < -0.3 is 10.6 Å². The van der Waals surface area contributed by atoms with Crippen LogP contribution < -0.4 is 5.73 Å². The number of anilines is 1. The van der Waals surface area contributed by atoms with Gasteiger partial charge in [0.05, 0.1) is 15.6 Å². The Bertz CT molecular complexity index is 541. The van der Waals surface area contributed by atoms with Crippen molar-refractivity contribution in [1.29, 1.82) is 0 Å². The molecule has 0 aliphatic carbocycles. The van der Waals surface area contributed by atoms with Crippen molar-refractivity contribution < 1.29 is 0 Å². The van der Waals surface area contributed by atoms with Crippen molar-refractivity contribution in [2.45, 2.75) is 32.1 Å². The Kier molecular flexibility index (Phi) is 4.65. The predicted octanol–water partition coefficient (Wildman–Crippen LogP) is 3.27. The minimum Gasteiger partial charge on any atom is -0.375 e. The molecule has 1 aliphatic rings. The van der Waals surface area contributed by atoms with Gasteiger partial charge in [0.2, 0.25) is 0 Å². The largest absolute Gasteiger partial charge is 0.375 e. The highest BCUT2D eigenvalue weighted by molar-refractivity contribution is 7.16. The van der Waals surface area contributed by atoms with Crippen molar-refractivity contribution in [2.24, 2.45) is 0 Å². The second-order valence-electron chi connectivity index (χ2n) is 5.20. The van der Waals surface area contributed by atoms with Crippen molar-refractivity contribution in [2.75, 3.05) is 25.4 Å². The molecule has 2 N–H and O–H groups in total. The number of likely N-dealkylation sites (tertiary alicyclic amines) is 1. The Morgan fingerprint density at radius 3 is 2.70 bits per heavy atom. The molecule has 0 unspecified atom stereocenters. The second kappa shape index (κ2) is 6.65. The molecule has 0 atom stereocenters. The molecule has 0 bridgehead atoms. The first kappa shape index (κ1) is 14.0. The second-order valence-corrected chi connectivity index (χ2v) is 7.20. The summed E-state index contributed by atoms with van der Waals surface area (Å²) in [5.41, 5.74) is 6.64. The van der Waals surface area contributed by atoms with Crippen LogP contribution in [0.1, 0.15) is 30.7 Å². The molecule has 108 valence electrons. The molecule has 20 heavy (non-hydrogen) atoms. The summed E-state index contributed by atoms with van der Waals surface area (Å²) in [4.78, 5) is 12.5. The SMILES string of the molecule is Nc1nc(-c2cnc(CCN3CCCCCC3)s2)cs1. The van der Waals surface area contributed by atoms with Gasteiger partial charge in [-0.1, -0.05) is 12.8 Å². The van der Waals surface area contributed by atoms with E-state index < -0.39 is 0 Å². The highest BCUT2D eigenvalue weighted by atomic mass is 32.1. The van der Waals surface area contributed by atoms with Crippen LogP contribution in [0.2, 0.25) is 0 Å². The van der Waals surface area contributed by atoms with E-state index in [0.717, 1.165) is 23.5 Å². The zero-order valence-electron chi connectivity index (χ0n) is 11.5. The van der Waals surface area contributed by atoms with Crippen LogP contribution in [0, 0.1) is 0 Å². The third-order valence-electron chi connectivity index (χ3n) is 3.67. The van der Waals surface area contributed by atoms with Crippen LogP contribution in [0.5, 0.6) is 0 Å². The number of rotatable bonds is 4. The lowest BCUT2D eigenvalue weighted by atomic mass is 10.2. The zero-order chi connectivity index (χ0) is 13.8. The molecule has 2 aromatic heterocycles. The van der Waals surface area contributed by atoms with E-state index >= 15 is 0 Å². The van der Waals surface area contributed by atoms with Crippen molar-refractivity contribution in [3.63, 3.8) is 0 Å². The van der Waals surface area contributed by atoms with E-state index in [1.165, 1.54) is 55.1 Å². The summed E-state index contributed by atoms with van der Waals surface area (Å²) in [5, 5.41) is 3.83. The molecule has 0 saturated carbocycles. The van der Waals surface area contributed by atoms with E-state index in [9.17, 15) is 0 Å². The van der Waals surface area contributed by atoms with Crippen LogP contribution in [0.4, 0.5) is 5.13 Å². The molecule has 6 heteroatoms. The van der Waals surface area contributed by atoms with Gasteiger partial charge in [0, 0.05) is 24.5 Å². The van der Waals surface area contributed by atoms with E-state index in [2.05, 4.69) is 14.9 Å². The van der Waals surface area contributed by atoms with E-state index in [-0.39, 0.29) is 0 Å². The quantitative estimate of drug-likeness (QED) is 0.942. The highest BCUT2D eigenvalue weighted by Gasteiger charge is 2.11. The maximum Gasteiger partial charge on any atom is 0.180 e. The molecule has 0 spiro atoms. The van der Waals surface area contributed by atoms with Gasteiger partial charge in [-0.05, 0) is 25.9 Å². The lowest BCUT2D eigenvalue weighted by Crippen LogP contribution is -2.26. The number of hydrogen-bond acceptors (Lipinski definition) is 6. The molecular formula is C14H20N4S2. The first-order chi connectivity index (χ1) is 9.81. The van der Waals surface area contributed by atoms with Crippen LogP contribution in [0.15, 0.2) is 11.6 Å². The normalized spacial score (nSPS) is 17.2. The van der Waals surface area contributed by atoms with Crippen LogP contribution in [-0.2, 0) is 6.42 Å². The van der Waals surface area contributed by atoms with Crippen LogP contribution in [-0.4, -0.2) is 34.5 Å². The first-order valence-corrected chi connectivity index (χ1v) is 8.89. The molecule has 0 amide bonds. The molecule has 3 rings (SSSR count). The number of nitrogens with zero attached hydrogens (tertiary/aromatic N) is 3. The lowest BCUT2D eigenvalue weighted by molar-refractivity contribution is 0.288. The Morgan fingerprint density at radius 1 is 1.20 bits per heavy atom. The molecule has 1 saturated heterocycles. The number of nitrogens with two attached hydrogens (primary N) is 1. The maximum atomic E-state index is 5.68. The number of nitrogen functional groups attached to an aromatic ring is 1. The highest BCUT2D eigenvalue weighted by Crippen LogP contribution is 2.28. The van der Waals surface area contributed by atoms with Gasteiger partial charge in [-0.15, -0.1) is 22.7 Å². The monoisotopic (exact) mass is 308 g/mol. The van der Waals surface area contributed by atoms with Crippen LogP contribution in [0.25, 0.3) is 10.6 Å². The molecule has 4 nitrogen and oxygen atoms in total. The van der Waals surface area contributed by atoms with Crippen molar-refractivity contribution >= 4 is 27.8 Å². The molecule has 2 aromatic rings. The third-order valence-corrected chi connectivity index (χ3v) is 5.42. The smallest absolute Gasteiger partial charge is 0.180 e. The summed E-state index contributed by atoms with van der Waals surface area (Å²) in [6.45, 7) is 3.63. The molecule has 1 aliphatic heterocycles. The molecule has 0 radical (unpaired) electrons. The summed E-state index contributed by atoms with van der Waals surface area (Å²) in [5.74, 6) is 0.